The van der Waals surface area contributed by atoms with Crippen molar-refractivity contribution in [3.8, 4) is 0 Å². The van der Waals surface area contributed by atoms with E-state index in [4.69, 9.17) is 0 Å². The van der Waals surface area contributed by atoms with E-state index in [1.807, 2.05) is 6.08 Å². The third kappa shape index (κ3) is 19.0. The average molecular weight is 355 g/mol. The molecule has 1 atom stereocenters. The summed E-state index contributed by atoms with van der Waals surface area (Å²) in [5.74, 6) is -0.568. The highest BCUT2D eigenvalue weighted by Gasteiger charge is 2.09. The van der Waals surface area contributed by atoms with Gasteiger partial charge in [-0.2, -0.15) is 0 Å². The molecule has 4 heteroatoms. The second-order valence-corrected chi connectivity index (χ2v) is 6.85. The number of ether oxygens (including phenoxy) is 1. The van der Waals surface area contributed by atoms with Gasteiger partial charge >= 0.3 is 5.97 Å². The molecule has 0 aliphatic rings. The fourth-order valence-corrected chi connectivity index (χ4v) is 2.71. The molecular weight excluding hydrogens is 316 g/mol. The van der Waals surface area contributed by atoms with Gasteiger partial charge in [0.1, 0.15) is 6.61 Å². The number of allylic oxidation sites excluding steroid dienone is 2. The molecule has 25 heavy (non-hydrogen) atoms. The van der Waals surface area contributed by atoms with Gasteiger partial charge in [0.2, 0.25) is 0 Å². The molecule has 0 heterocycles. The molecule has 4 nitrogen and oxygen atoms in total. The quantitative estimate of drug-likeness (QED) is 0.223. The highest BCUT2D eigenvalue weighted by molar-refractivity contribution is 5.89. The predicted molar refractivity (Wildman–Crippen MR) is 102 cm³/mol. The molecule has 1 N–H and O–H groups in total. The molecule has 0 rings (SSSR count). The first-order valence-corrected chi connectivity index (χ1v) is 10.1. The molecule has 0 saturated heterocycles. The van der Waals surface area contributed by atoms with Crippen molar-refractivity contribution in [2.24, 2.45) is 0 Å². The maximum atomic E-state index is 11.6. The summed E-state index contributed by atoms with van der Waals surface area (Å²) < 4.78 is 4.66. The van der Waals surface area contributed by atoms with Crippen LogP contribution in [0.25, 0.3) is 0 Å². The van der Waals surface area contributed by atoms with Crippen LogP contribution in [-0.4, -0.2) is 29.6 Å². The molecule has 0 aromatic rings. The summed E-state index contributed by atoms with van der Waals surface area (Å²) in [5.41, 5.74) is 0. The monoisotopic (exact) mass is 354 g/mol. The lowest BCUT2D eigenvalue weighted by atomic mass is 10.1. The van der Waals surface area contributed by atoms with Crippen LogP contribution in [0.15, 0.2) is 12.2 Å². The van der Waals surface area contributed by atoms with Crippen LogP contribution < -0.4 is 0 Å². The molecule has 0 fully saturated rings. The van der Waals surface area contributed by atoms with Gasteiger partial charge in [-0.1, -0.05) is 77.2 Å². The minimum Gasteiger partial charge on any atom is -0.463 e. The van der Waals surface area contributed by atoms with Gasteiger partial charge in [-0.15, -0.1) is 0 Å². The Kier molecular flexibility index (Phi) is 16.8. The van der Waals surface area contributed by atoms with E-state index in [-0.39, 0.29) is 18.8 Å². The standard InChI is InChI=1S/C21H38O4/c1-3-4-5-6-7-8-9-10-11-12-13-14-15-16-20(23)17-21(24)18-25-19(2)22/h15-16,21,24H,3-14,17-18H2,1-2H3/t21-/m1/s1. The van der Waals surface area contributed by atoms with E-state index < -0.39 is 12.1 Å². The van der Waals surface area contributed by atoms with Crippen molar-refractivity contribution in [3.05, 3.63) is 12.2 Å². The summed E-state index contributed by atoms with van der Waals surface area (Å²) >= 11 is 0. The maximum Gasteiger partial charge on any atom is 0.302 e. The van der Waals surface area contributed by atoms with Crippen LogP contribution in [0.2, 0.25) is 0 Å². The first-order valence-electron chi connectivity index (χ1n) is 10.1. The minimum atomic E-state index is -0.914. The maximum absolute atomic E-state index is 11.6. The first-order chi connectivity index (χ1) is 12.1. The Morgan fingerprint density at radius 3 is 1.96 bits per heavy atom. The van der Waals surface area contributed by atoms with Crippen LogP contribution in [0.3, 0.4) is 0 Å². The Morgan fingerprint density at radius 2 is 1.44 bits per heavy atom. The van der Waals surface area contributed by atoms with E-state index in [1.165, 1.54) is 77.2 Å². The van der Waals surface area contributed by atoms with E-state index in [1.54, 1.807) is 0 Å². The van der Waals surface area contributed by atoms with Gasteiger partial charge in [0.25, 0.3) is 0 Å². The summed E-state index contributed by atoms with van der Waals surface area (Å²) in [6, 6.07) is 0. The van der Waals surface area contributed by atoms with Crippen LogP contribution in [0, 0.1) is 0 Å². The second-order valence-electron chi connectivity index (χ2n) is 6.85. The molecule has 0 unspecified atom stereocenters. The van der Waals surface area contributed by atoms with Crippen molar-refractivity contribution in [1.29, 1.82) is 0 Å². The zero-order chi connectivity index (χ0) is 18.8. The molecule has 0 radical (unpaired) electrons. The Morgan fingerprint density at radius 1 is 0.920 bits per heavy atom. The Labute approximate surface area is 154 Å². The summed E-state index contributed by atoms with van der Waals surface area (Å²) in [7, 11) is 0. The number of esters is 1. The van der Waals surface area contributed by atoms with Gasteiger partial charge in [0, 0.05) is 13.3 Å². The highest BCUT2D eigenvalue weighted by Crippen LogP contribution is 2.12. The van der Waals surface area contributed by atoms with Crippen LogP contribution >= 0.6 is 0 Å². The number of hydrogen-bond acceptors (Lipinski definition) is 4. The average Bonchev–Trinajstić information content (AvgIpc) is 2.57. The zero-order valence-corrected chi connectivity index (χ0v) is 16.3. The van der Waals surface area contributed by atoms with Gasteiger partial charge < -0.3 is 9.84 Å². The molecular formula is C21H38O4. The predicted octanol–water partition coefficient (Wildman–Crippen LogP) is 5.13. The number of carbonyl (C=O) groups excluding carboxylic acids is 2. The molecule has 0 amide bonds. The smallest absolute Gasteiger partial charge is 0.302 e. The number of rotatable bonds is 17. The number of carbonyl (C=O) groups is 2. The molecule has 0 aliphatic heterocycles. The molecule has 0 spiro atoms. The Bertz CT molecular complexity index is 363. The van der Waals surface area contributed by atoms with Crippen molar-refractivity contribution in [2.45, 2.75) is 103 Å². The van der Waals surface area contributed by atoms with Crippen LogP contribution in [-0.2, 0) is 14.3 Å². The highest BCUT2D eigenvalue weighted by atomic mass is 16.5. The van der Waals surface area contributed by atoms with Crippen molar-refractivity contribution in [1.82, 2.24) is 0 Å². The van der Waals surface area contributed by atoms with Gasteiger partial charge in [-0.25, -0.2) is 0 Å². The summed E-state index contributed by atoms with van der Waals surface area (Å²) in [5, 5.41) is 9.54. The summed E-state index contributed by atoms with van der Waals surface area (Å²) in [4.78, 5) is 22.2. The van der Waals surface area contributed by atoms with Crippen molar-refractivity contribution < 1.29 is 19.4 Å². The third-order valence-electron chi connectivity index (χ3n) is 4.19. The van der Waals surface area contributed by atoms with E-state index in [0.717, 1.165) is 12.8 Å². The molecule has 146 valence electrons. The minimum absolute atomic E-state index is 0.00202. The molecule has 0 saturated carbocycles. The molecule has 0 aliphatic carbocycles. The van der Waals surface area contributed by atoms with Gasteiger partial charge in [-0.05, 0) is 18.9 Å². The van der Waals surface area contributed by atoms with E-state index in [2.05, 4.69) is 11.7 Å². The third-order valence-corrected chi connectivity index (χ3v) is 4.19. The van der Waals surface area contributed by atoms with Gasteiger partial charge in [-0.3, -0.25) is 9.59 Å². The number of unbranched alkanes of at least 4 members (excludes halogenated alkanes) is 11. The van der Waals surface area contributed by atoms with Crippen LogP contribution in [0.1, 0.15) is 97.3 Å². The summed E-state index contributed by atoms with van der Waals surface area (Å²) in [6.07, 6.45) is 17.9. The number of ketones is 1. The zero-order valence-electron chi connectivity index (χ0n) is 16.3. The molecule has 0 bridgehead atoms. The van der Waals surface area contributed by atoms with Gasteiger partial charge in [0.05, 0.1) is 6.10 Å². The van der Waals surface area contributed by atoms with Crippen LogP contribution in [0.4, 0.5) is 0 Å². The number of aliphatic hydroxyl groups is 1. The Balaban J connectivity index is 3.39. The largest absolute Gasteiger partial charge is 0.463 e. The Hall–Kier alpha value is -1.16. The topological polar surface area (TPSA) is 63.6 Å². The fourth-order valence-electron chi connectivity index (χ4n) is 2.71. The normalized spacial score (nSPS) is 12.4. The molecule has 0 aromatic heterocycles. The SMILES string of the molecule is CCCCCCCCCCCCCC=CC(=O)C[C@@H](O)COC(C)=O. The number of aliphatic hydroxyl groups excluding tert-OH is 1. The van der Waals surface area contributed by atoms with Crippen LogP contribution in [0.5, 0.6) is 0 Å². The lowest BCUT2D eigenvalue weighted by Gasteiger charge is -2.07. The lowest BCUT2D eigenvalue weighted by Crippen LogP contribution is -2.20. The van der Waals surface area contributed by atoms with Crippen molar-refractivity contribution in [3.63, 3.8) is 0 Å². The van der Waals surface area contributed by atoms with E-state index >= 15 is 0 Å². The lowest BCUT2D eigenvalue weighted by molar-refractivity contribution is -0.144. The second kappa shape index (κ2) is 17.7. The van der Waals surface area contributed by atoms with Crippen molar-refractivity contribution in [2.75, 3.05) is 6.61 Å². The fraction of sp³-hybridized carbons (Fsp3) is 0.810. The first kappa shape index (κ1) is 23.8. The van der Waals surface area contributed by atoms with E-state index in [9.17, 15) is 14.7 Å². The molecule has 0 aromatic carbocycles. The van der Waals surface area contributed by atoms with Gasteiger partial charge in [0.15, 0.2) is 5.78 Å². The van der Waals surface area contributed by atoms with Crippen molar-refractivity contribution >= 4 is 11.8 Å². The summed E-state index contributed by atoms with van der Waals surface area (Å²) in [6.45, 7) is 3.41. The van der Waals surface area contributed by atoms with E-state index in [0.29, 0.717) is 0 Å². The number of hydrogen-bond donors (Lipinski definition) is 1.